The van der Waals surface area contributed by atoms with Crippen molar-refractivity contribution >= 4 is 60.1 Å². The predicted octanol–water partition coefficient (Wildman–Crippen LogP) is 11.9. The Morgan fingerprint density at radius 2 is 1.63 bits per heavy atom. The molecule has 0 atom stereocenters. The van der Waals surface area contributed by atoms with Crippen LogP contribution in [-0.4, -0.2) is 0 Å². The van der Waals surface area contributed by atoms with Crippen LogP contribution in [0, 0.1) is 0 Å². The molecule has 2 heteroatoms. The first-order valence-electron chi connectivity index (χ1n) is 14.8. The Kier molecular flexibility index (Phi) is 7.21. The number of rotatable bonds is 6. The molecule has 0 N–H and O–H groups in total. The predicted molar refractivity (Wildman–Crippen MR) is 184 cm³/mol. The molecule has 0 aliphatic heterocycles. The second-order valence-corrected chi connectivity index (χ2v) is 13.2. The van der Waals surface area contributed by atoms with Gasteiger partial charge < -0.3 is 0 Å². The van der Waals surface area contributed by atoms with Gasteiger partial charge in [0.1, 0.15) is 0 Å². The van der Waals surface area contributed by atoms with Crippen molar-refractivity contribution in [3.8, 4) is 11.1 Å². The zero-order valence-corrected chi connectivity index (χ0v) is 25.4. The molecular weight excluding hydrogens is 533 g/mol. The Labute approximate surface area is 251 Å². The molecule has 0 saturated carbocycles. The number of aryl methyl sites for hydroxylation is 1. The summed E-state index contributed by atoms with van der Waals surface area (Å²) in [5, 5.41) is 2.83. The minimum Gasteiger partial charge on any atom is -0.140 e. The first kappa shape index (κ1) is 26.2. The third-order valence-corrected chi connectivity index (χ3v) is 10.9. The maximum atomic E-state index is 2.46. The van der Waals surface area contributed by atoms with Crippen LogP contribution in [0.15, 0.2) is 103 Å². The molecule has 2 aromatic heterocycles. The summed E-state index contributed by atoms with van der Waals surface area (Å²) in [6.07, 6.45) is 23.4. The lowest BCUT2D eigenvalue weighted by Crippen LogP contribution is -1.94. The topological polar surface area (TPSA) is 0 Å². The monoisotopic (exact) mass is 566 g/mol. The highest BCUT2D eigenvalue weighted by Gasteiger charge is 2.15. The third kappa shape index (κ3) is 5.01. The van der Waals surface area contributed by atoms with Gasteiger partial charge in [-0.3, -0.25) is 0 Å². The van der Waals surface area contributed by atoms with Crippen LogP contribution in [0.25, 0.3) is 48.5 Å². The van der Waals surface area contributed by atoms with Gasteiger partial charge in [0.2, 0.25) is 0 Å². The van der Waals surface area contributed by atoms with Crippen LogP contribution in [0.1, 0.15) is 58.7 Å². The average molecular weight is 567 g/mol. The molecule has 41 heavy (non-hydrogen) atoms. The van der Waals surface area contributed by atoms with Crippen molar-refractivity contribution in [3.63, 3.8) is 0 Å². The summed E-state index contributed by atoms with van der Waals surface area (Å²) >= 11 is 3.87. The number of allylic oxidation sites excluding steroid dienone is 9. The lowest BCUT2D eigenvalue weighted by molar-refractivity contribution is 1.06. The molecule has 0 amide bonds. The Morgan fingerprint density at radius 3 is 2.51 bits per heavy atom. The molecule has 2 aliphatic carbocycles. The summed E-state index contributed by atoms with van der Waals surface area (Å²) in [6.45, 7) is 4.40. The van der Waals surface area contributed by atoms with Crippen LogP contribution in [0.2, 0.25) is 0 Å². The quantitative estimate of drug-likeness (QED) is 0.179. The standard InChI is InChI=1S/C39H34S2/c1-3-5-15-32-34-24-30(18-20-38(34)40-36(32)4-2)28-13-9-11-26(22-28)27-12-10-14-29(23-27)31-19-21-39-35(25-31)33-16-7-6-8-17-37(33)41-39/h3,5-8,10-12,14,17-25H,4,9,13,15-16H2,1-2H3. The first-order valence-corrected chi connectivity index (χ1v) is 16.4. The SMILES string of the molecule is CC=CCc1c(CC)sc2ccc(C3=CC(c4cccc(-c5ccc6sc7c(c6c5)CC=CC=C7)c4)=CCC3)cc12. The zero-order chi connectivity index (χ0) is 27.8. The van der Waals surface area contributed by atoms with Gasteiger partial charge in [0, 0.05) is 19.2 Å². The molecule has 0 spiro atoms. The van der Waals surface area contributed by atoms with Crippen LogP contribution >= 0.6 is 22.7 Å². The minimum atomic E-state index is 1.00. The summed E-state index contributed by atoms with van der Waals surface area (Å²) in [7, 11) is 0. The van der Waals surface area contributed by atoms with E-state index in [-0.39, 0.29) is 0 Å². The average Bonchev–Trinajstić information content (AvgIpc) is 3.46. The number of hydrogen-bond acceptors (Lipinski definition) is 2. The molecule has 0 saturated heterocycles. The molecule has 5 aromatic rings. The van der Waals surface area contributed by atoms with Gasteiger partial charge in [-0.1, -0.05) is 79.8 Å². The largest absolute Gasteiger partial charge is 0.140 e. The summed E-state index contributed by atoms with van der Waals surface area (Å²) in [6, 6.07) is 23.3. The molecule has 0 nitrogen and oxygen atoms in total. The zero-order valence-electron chi connectivity index (χ0n) is 23.7. The van der Waals surface area contributed by atoms with E-state index in [9.17, 15) is 0 Å². The summed E-state index contributed by atoms with van der Waals surface area (Å²) in [5.41, 5.74) is 11.0. The van der Waals surface area contributed by atoms with E-state index in [1.165, 1.54) is 74.5 Å². The van der Waals surface area contributed by atoms with Gasteiger partial charge >= 0.3 is 0 Å². The minimum absolute atomic E-state index is 1.00. The maximum absolute atomic E-state index is 2.46. The molecule has 3 aromatic carbocycles. The summed E-state index contributed by atoms with van der Waals surface area (Å²) in [4.78, 5) is 2.91. The summed E-state index contributed by atoms with van der Waals surface area (Å²) in [5.74, 6) is 0. The van der Waals surface area contributed by atoms with Gasteiger partial charge in [-0.25, -0.2) is 0 Å². The van der Waals surface area contributed by atoms with Gasteiger partial charge in [0.05, 0.1) is 0 Å². The van der Waals surface area contributed by atoms with E-state index in [4.69, 9.17) is 0 Å². The molecule has 7 rings (SSSR count). The second kappa shape index (κ2) is 11.3. The van der Waals surface area contributed by atoms with Crippen LogP contribution in [0.3, 0.4) is 0 Å². The molecule has 0 unspecified atom stereocenters. The van der Waals surface area contributed by atoms with E-state index < -0.39 is 0 Å². The highest BCUT2D eigenvalue weighted by Crippen LogP contribution is 2.39. The van der Waals surface area contributed by atoms with E-state index in [0.29, 0.717) is 0 Å². The van der Waals surface area contributed by atoms with Gasteiger partial charge in [-0.2, -0.15) is 0 Å². The van der Waals surface area contributed by atoms with Crippen molar-refractivity contribution in [2.75, 3.05) is 0 Å². The third-order valence-electron chi connectivity index (χ3n) is 8.40. The fourth-order valence-corrected chi connectivity index (χ4v) is 8.54. The first-order chi connectivity index (χ1) is 20.2. The lowest BCUT2D eigenvalue weighted by Gasteiger charge is -2.16. The van der Waals surface area contributed by atoms with Crippen molar-refractivity contribution in [2.45, 2.75) is 46.0 Å². The maximum Gasteiger partial charge on any atom is 0.0352 e. The fourth-order valence-electron chi connectivity index (χ4n) is 6.25. The van der Waals surface area contributed by atoms with Gasteiger partial charge in [0.15, 0.2) is 0 Å². The van der Waals surface area contributed by atoms with E-state index in [1.54, 1.807) is 0 Å². The van der Waals surface area contributed by atoms with E-state index in [1.807, 2.05) is 22.7 Å². The molecular formula is C39H34S2. The Hall–Kier alpha value is -3.72. The highest BCUT2D eigenvalue weighted by atomic mass is 32.1. The van der Waals surface area contributed by atoms with Gasteiger partial charge in [-0.05, 0) is 131 Å². The van der Waals surface area contributed by atoms with Crippen molar-refractivity contribution in [2.24, 2.45) is 0 Å². The Morgan fingerprint density at radius 1 is 0.829 bits per heavy atom. The van der Waals surface area contributed by atoms with Crippen molar-refractivity contribution in [1.82, 2.24) is 0 Å². The van der Waals surface area contributed by atoms with Gasteiger partial charge in [0.25, 0.3) is 0 Å². The molecule has 202 valence electrons. The molecule has 0 bridgehead atoms. The normalized spacial score (nSPS) is 15.0. The van der Waals surface area contributed by atoms with Crippen molar-refractivity contribution in [1.29, 1.82) is 0 Å². The van der Waals surface area contributed by atoms with E-state index >= 15 is 0 Å². The van der Waals surface area contributed by atoms with Crippen molar-refractivity contribution in [3.05, 3.63) is 135 Å². The molecule has 0 fully saturated rings. The number of fused-ring (bicyclic) bond motifs is 4. The summed E-state index contributed by atoms with van der Waals surface area (Å²) < 4.78 is 2.79. The smallest absolute Gasteiger partial charge is 0.0352 e. The van der Waals surface area contributed by atoms with E-state index in [2.05, 4.69) is 123 Å². The molecule has 0 radical (unpaired) electrons. The molecule has 2 aliphatic rings. The van der Waals surface area contributed by atoms with E-state index in [0.717, 1.165) is 32.1 Å². The van der Waals surface area contributed by atoms with Crippen molar-refractivity contribution < 1.29 is 0 Å². The Bertz CT molecular complexity index is 1930. The van der Waals surface area contributed by atoms with Crippen LogP contribution in [0.5, 0.6) is 0 Å². The Balaban J connectivity index is 1.22. The van der Waals surface area contributed by atoms with Crippen LogP contribution < -0.4 is 0 Å². The second-order valence-electron chi connectivity index (χ2n) is 10.9. The number of thiophene rings is 2. The van der Waals surface area contributed by atoms with Crippen LogP contribution in [-0.2, 0) is 19.3 Å². The van der Waals surface area contributed by atoms with Gasteiger partial charge in [-0.15, -0.1) is 22.7 Å². The number of benzene rings is 3. The fraction of sp³-hybridized carbons (Fsp3) is 0.179. The number of hydrogen-bond donors (Lipinski definition) is 0. The lowest BCUT2D eigenvalue weighted by atomic mass is 9.89. The van der Waals surface area contributed by atoms with Crippen LogP contribution in [0.4, 0.5) is 0 Å². The molecule has 2 heterocycles. The highest BCUT2D eigenvalue weighted by molar-refractivity contribution is 7.20.